The molecule has 0 saturated carbocycles. The van der Waals surface area contributed by atoms with Gasteiger partial charge in [-0.2, -0.15) is 0 Å². The summed E-state index contributed by atoms with van der Waals surface area (Å²) in [5.41, 5.74) is 7.25. The van der Waals surface area contributed by atoms with E-state index in [1.807, 2.05) is 46.8 Å². The second kappa shape index (κ2) is 18.0. The number of hydrogen-bond acceptors (Lipinski definition) is 11. The van der Waals surface area contributed by atoms with Crippen LogP contribution in [0.1, 0.15) is 84.6 Å². The summed E-state index contributed by atoms with van der Waals surface area (Å²) in [5.74, 6) is -1.35. The summed E-state index contributed by atoms with van der Waals surface area (Å²) in [6.45, 7) is 15.7. The van der Waals surface area contributed by atoms with Crippen molar-refractivity contribution in [2.75, 3.05) is 27.9 Å². The van der Waals surface area contributed by atoms with E-state index in [1.54, 1.807) is 32.9 Å². The Balaban J connectivity index is 1.80. The maximum absolute atomic E-state index is 13.5. The number of rotatable bonds is 16. The lowest BCUT2D eigenvalue weighted by atomic mass is 9.74. The van der Waals surface area contributed by atoms with Crippen LogP contribution in [0.3, 0.4) is 0 Å². The number of carbonyl (C=O) groups is 5. The fraction of sp³-hybridized carbons (Fsp3) is 0.564. The van der Waals surface area contributed by atoms with Gasteiger partial charge < -0.3 is 50.7 Å². The van der Waals surface area contributed by atoms with Gasteiger partial charge in [0.2, 0.25) is 23.6 Å². The van der Waals surface area contributed by atoms with Crippen LogP contribution in [-0.2, 0) is 51.8 Å². The molecule has 6 N–H and O–H groups in total. The highest BCUT2D eigenvalue weighted by Gasteiger charge is 2.39. The van der Waals surface area contributed by atoms with Crippen LogP contribution in [0.4, 0.5) is 0 Å². The number of fused-ring (bicyclic) bond motifs is 2. The molecule has 0 radical (unpaired) electrons. The first-order chi connectivity index (χ1) is 25.2. The second-order valence-electron chi connectivity index (χ2n) is 15.2. The topological polar surface area (TPSA) is 206 Å². The van der Waals surface area contributed by atoms with E-state index in [-0.39, 0.29) is 18.9 Å². The number of amides is 4. The van der Waals surface area contributed by atoms with Gasteiger partial charge in [0.15, 0.2) is 0 Å². The summed E-state index contributed by atoms with van der Waals surface area (Å²) in [6.07, 6.45) is -0.854. The third kappa shape index (κ3) is 10.4. The minimum atomic E-state index is -1.15. The first kappa shape index (κ1) is 43.5. The van der Waals surface area contributed by atoms with Crippen molar-refractivity contribution in [3.8, 4) is 23.0 Å². The lowest BCUT2D eigenvalue weighted by Crippen LogP contribution is -2.60. The monoisotopic (exact) mass is 755 g/mol. The lowest BCUT2D eigenvalue weighted by molar-refractivity contribution is -0.140. The van der Waals surface area contributed by atoms with E-state index in [9.17, 15) is 24.0 Å². The maximum Gasteiger partial charge on any atom is 0.310 e. The third-order valence-corrected chi connectivity index (χ3v) is 9.11. The van der Waals surface area contributed by atoms with E-state index in [4.69, 9.17) is 29.4 Å². The molecule has 15 heteroatoms. The number of nitrogens with two attached hydrogens (primary N) is 1. The van der Waals surface area contributed by atoms with Crippen molar-refractivity contribution in [2.45, 2.75) is 111 Å². The molecule has 15 nitrogen and oxygen atoms in total. The molecule has 0 aliphatic carbocycles. The molecule has 0 aromatic heterocycles. The molecule has 3 rings (SSSR count). The number of nitrogens with one attached hydrogen (secondary N) is 4. The van der Waals surface area contributed by atoms with E-state index < -0.39 is 71.4 Å². The first-order valence-electron chi connectivity index (χ1n) is 17.9. The van der Waals surface area contributed by atoms with Crippen LogP contribution in [0.25, 0.3) is 0 Å². The number of carbonyl (C=O) groups excluding carboxylic acids is 5. The van der Waals surface area contributed by atoms with Crippen molar-refractivity contribution >= 4 is 29.6 Å². The van der Waals surface area contributed by atoms with Crippen molar-refractivity contribution in [1.29, 1.82) is 0 Å². The van der Waals surface area contributed by atoms with E-state index in [0.717, 1.165) is 11.1 Å². The van der Waals surface area contributed by atoms with Gasteiger partial charge >= 0.3 is 5.97 Å². The minimum absolute atomic E-state index is 0.0281. The number of hydrogen-bond donors (Lipinski definition) is 5. The maximum atomic E-state index is 13.5. The molecule has 1 aliphatic heterocycles. The lowest BCUT2D eigenvalue weighted by Gasteiger charge is -2.37. The Kier molecular flexibility index (Phi) is 14.5. The molecule has 1 unspecified atom stereocenters. The Morgan fingerprint density at radius 2 is 1.31 bits per heavy atom. The molecule has 0 fully saturated rings. The summed E-state index contributed by atoms with van der Waals surface area (Å²) in [6, 6.07) is 4.31. The smallest absolute Gasteiger partial charge is 0.310 e. The Hall–Kier alpha value is -4.89. The SMILES string of the molecule is COC(=O)Cc1c(OC)ccc2c1Oc1c(ccc(OC)c1CNC(=O)CNC(=O)[C@@H](NC(=O)[C@@H](NC(=O)[C@H](C)N)C(C)OC(C)(C)C)C(C)C)C2(C)C. The predicted octanol–water partition coefficient (Wildman–Crippen LogP) is 2.76. The van der Waals surface area contributed by atoms with Crippen LogP contribution >= 0.6 is 0 Å². The fourth-order valence-corrected chi connectivity index (χ4v) is 6.23. The highest BCUT2D eigenvalue weighted by molar-refractivity contribution is 5.94. The molecule has 298 valence electrons. The Morgan fingerprint density at radius 3 is 1.81 bits per heavy atom. The van der Waals surface area contributed by atoms with Gasteiger partial charge in [-0.15, -0.1) is 0 Å². The molecule has 1 aliphatic rings. The molecule has 2 aromatic rings. The Bertz CT molecular complexity index is 1720. The van der Waals surface area contributed by atoms with Crippen LogP contribution in [-0.4, -0.2) is 87.3 Å². The van der Waals surface area contributed by atoms with Crippen LogP contribution < -0.4 is 41.2 Å². The zero-order valence-corrected chi connectivity index (χ0v) is 33.5. The Labute approximate surface area is 317 Å². The molecule has 0 spiro atoms. The standard InChI is InChI=1S/C39H57N5O10/c1-20(2)31(43-37(49)32(44-35(47)21(3)40)22(4)54-38(5,6)7)36(48)42-19-29(45)41-18-24-28(51-11)16-14-26-34(24)53-33-23(17-30(46)52-12)27(50-10)15-13-25(33)39(26,8)9/h13-16,20-22,31-32H,17-19,40H2,1-12H3,(H,41,45)(H,42,48)(H,43,49)(H,44,47)/t21-,22?,31-,32-/m0/s1. The van der Waals surface area contributed by atoms with E-state index >= 15 is 0 Å². The zero-order chi connectivity index (χ0) is 40.7. The summed E-state index contributed by atoms with van der Waals surface area (Å²) in [7, 11) is 4.32. The highest BCUT2D eigenvalue weighted by atomic mass is 16.5. The average molecular weight is 756 g/mol. The molecule has 0 saturated heterocycles. The van der Waals surface area contributed by atoms with Gasteiger partial charge in [-0.3, -0.25) is 24.0 Å². The molecule has 0 bridgehead atoms. The molecular weight excluding hydrogens is 698 g/mol. The van der Waals surface area contributed by atoms with Crippen molar-refractivity contribution in [2.24, 2.45) is 11.7 Å². The largest absolute Gasteiger partial charge is 0.496 e. The zero-order valence-electron chi connectivity index (χ0n) is 33.5. The number of esters is 1. The van der Waals surface area contributed by atoms with Gasteiger partial charge in [-0.25, -0.2) is 0 Å². The highest BCUT2D eigenvalue weighted by Crippen LogP contribution is 2.53. The number of ether oxygens (including phenoxy) is 5. The van der Waals surface area contributed by atoms with Gasteiger partial charge in [0.25, 0.3) is 0 Å². The van der Waals surface area contributed by atoms with Crippen LogP contribution in [0.2, 0.25) is 0 Å². The minimum Gasteiger partial charge on any atom is -0.496 e. The quantitative estimate of drug-likeness (QED) is 0.158. The second-order valence-corrected chi connectivity index (χ2v) is 15.2. The Morgan fingerprint density at radius 1 is 0.778 bits per heavy atom. The number of benzene rings is 2. The first-order valence-corrected chi connectivity index (χ1v) is 17.9. The molecule has 4 atom stereocenters. The average Bonchev–Trinajstić information content (AvgIpc) is 3.09. The van der Waals surface area contributed by atoms with Gasteiger partial charge in [-0.05, 0) is 52.7 Å². The van der Waals surface area contributed by atoms with Crippen molar-refractivity contribution in [1.82, 2.24) is 21.3 Å². The molecule has 4 amide bonds. The molecule has 2 aromatic carbocycles. The molecular formula is C39H57N5O10. The van der Waals surface area contributed by atoms with Crippen molar-refractivity contribution in [3.05, 3.63) is 46.5 Å². The van der Waals surface area contributed by atoms with Crippen LogP contribution in [0.15, 0.2) is 24.3 Å². The summed E-state index contributed by atoms with van der Waals surface area (Å²) in [4.78, 5) is 65.0. The van der Waals surface area contributed by atoms with Crippen LogP contribution in [0, 0.1) is 5.92 Å². The fourth-order valence-electron chi connectivity index (χ4n) is 6.23. The van der Waals surface area contributed by atoms with Gasteiger partial charge in [0.1, 0.15) is 35.1 Å². The van der Waals surface area contributed by atoms with E-state index in [0.29, 0.717) is 34.1 Å². The summed E-state index contributed by atoms with van der Waals surface area (Å²) in [5, 5.41) is 10.8. The normalized spacial score (nSPS) is 15.2. The third-order valence-electron chi connectivity index (χ3n) is 9.11. The van der Waals surface area contributed by atoms with E-state index in [1.165, 1.54) is 28.3 Å². The summed E-state index contributed by atoms with van der Waals surface area (Å²) < 4.78 is 28.7. The van der Waals surface area contributed by atoms with Gasteiger partial charge in [-0.1, -0.05) is 39.8 Å². The predicted molar refractivity (Wildman–Crippen MR) is 201 cm³/mol. The van der Waals surface area contributed by atoms with Gasteiger partial charge in [0, 0.05) is 22.1 Å². The molecule has 54 heavy (non-hydrogen) atoms. The summed E-state index contributed by atoms with van der Waals surface area (Å²) >= 11 is 0. The molecule has 1 heterocycles. The van der Waals surface area contributed by atoms with E-state index in [2.05, 4.69) is 21.3 Å². The van der Waals surface area contributed by atoms with Gasteiger partial charge in [0.05, 0.1) is 64.2 Å². The van der Waals surface area contributed by atoms with Crippen molar-refractivity contribution < 1.29 is 47.7 Å². The van der Waals surface area contributed by atoms with Crippen LogP contribution in [0.5, 0.6) is 23.0 Å². The van der Waals surface area contributed by atoms with Crippen molar-refractivity contribution in [3.63, 3.8) is 0 Å². The number of methoxy groups -OCH3 is 3.